The maximum Gasteiger partial charge on any atom is 0.0660 e. The van der Waals surface area contributed by atoms with E-state index in [1.165, 1.54) is 38.9 Å². The molecule has 32 heavy (non-hydrogen) atoms. The highest BCUT2D eigenvalue weighted by Crippen LogP contribution is 2.50. The number of H-pyrrole nitrogens is 1. The lowest BCUT2D eigenvalue weighted by Crippen LogP contribution is -2.46. The molecule has 0 bridgehead atoms. The minimum Gasteiger partial charge on any atom is -0.357 e. The molecule has 0 aliphatic carbocycles. The number of hydrogen-bond donors (Lipinski definition) is 2. The second-order valence-electron chi connectivity index (χ2n) is 8.61. The number of rotatable bonds is 4. The summed E-state index contributed by atoms with van der Waals surface area (Å²) in [6, 6.07) is 41.7. The van der Waals surface area contributed by atoms with Gasteiger partial charge in [0.2, 0.25) is 0 Å². The molecular formula is C30H26N2. The summed E-state index contributed by atoms with van der Waals surface area (Å²) >= 11 is 0. The molecule has 2 N–H and O–H groups in total. The van der Waals surface area contributed by atoms with Crippen molar-refractivity contribution in [2.75, 3.05) is 6.54 Å². The van der Waals surface area contributed by atoms with Crippen molar-refractivity contribution in [1.29, 1.82) is 0 Å². The van der Waals surface area contributed by atoms with Crippen molar-refractivity contribution in [3.63, 3.8) is 0 Å². The van der Waals surface area contributed by atoms with Gasteiger partial charge in [-0.1, -0.05) is 109 Å². The van der Waals surface area contributed by atoms with E-state index in [1.807, 2.05) is 0 Å². The molecule has 1 aliphatic rings. The van der Waals surface area contributed by atoms with Crippen LogP contribution in [0.15, 0.2) is 115 Å². The molecule has 2 nitrogen and oxygen atoms in total. The summed E-state index contributed by atoms with van der Waals surface area (Å²) in [6.45, 7) is 0.952. The van der Waals surface area contributed by atoms with Crippen molar-refractivity contribution >= 4 is 10.9 Å². The van der Waals surface area contributed by atoms with Crippen LogP contribution in [0.1, 0.15) is 34.0 Å². The lowest BCUT2D eigenvalue weighted by atomic mass is 9.63. The number of aromatic amines is 1. The topological polar surface area (TPSA) is 27.8 Å². The lowest BCUT2D eigenvalue weighted by molar-refractivity contribution is 0.377. The smallest absolute Gasteiger partial charge is 0.0660 e. The Morgan fingerprint density at radius 3 is 1.66 bits per heavy atom. The molecule has 1 unspecified atom stereocenters. The number of para-hydroxylation sites is 1. The van der Waals surface area contributed by atoms with Crippen molar-refractivity contribution in [2.45, 2.75) is 17.9 Å². The molecule has 2 heteroatoms. The third-order valence-electron chi connectivity index (χ3n) is 6.98. The Labute approximate surface area is 188 Å². The zero-order valence-corrected chi connectivity index (χ0v) is 18.0. The average molecular weight is 415 g/mol. The fourth-order valence-electron chi connectivity index (χ4n) is 5.65. The van der Waals surface area contributed by atoms with Crippen molar-refractivity contribution in [1.82, 2.24) is 10.3 Å². The first-order valence-corrected chi connectivity index (χ1v) is 11.4. The molecule has 6 rings (SSSR count). The quantitative estimate of drug-likeness (QED) is 0.328. The van der Waals surface area contributed by atoms with Gasteiger partial charge in [-0.25, -0.2) is 0 Å². The number of aromatic nitrogens is 1. The Morgan fingerprint density at radius 2 is 1.09 bits per heavy atom. The van der Waals surface area contributed by atoms with Gasteiger partial charge in [-0.05, 0) is 41.3 Å². The number of nitrogens with one attached hydrogen (secondary N) is 2. The average Bonchev–Trinajstić information content (AvgIpc) is 3.26. The Morgan fingerprint density at radius 1 is 0.594 bits per heavy atom. The van der Waals surface area contributed by atoms with Crippen LogP contribution in [0.4, 0.5) is 0 Å². The summed E-state index contributed by atoms with van der Waals surface area (Å²) in [5, 5.41) is 5.29. The van der Waals surface area contributed by atoms with Gasteiger partial charge in [0.1, 0.15) is 0 Å². The zero-order chi connectivity index (χ0) is 21.4. The first-order chi connectivity index (χ1) is 15.9. The Kier molecular flexibility index (Phi) is 4.66. The highest BCUT2D eigenvalue weighted by molar-refractivity contribution is 5.85. The fraction of sp³-hybridized carbons (Fsp3) is 0.133. The van der Waals surface area contributed by atoms with E-state index < -0.39 is 0 Å². The predicted molar refractivity (Wildman–Crippen MR) is 132 cm³/mol. The van der Waals surface area contributed by atoms with Gasteiger partial charge in [-0.3, -0.25) is 0 Å². The van der Waals surface area contributed by atoms with E-state index in [1.54, 1.807) is 0 Å². The van der Waals surface area contributed by atoms with Gasteiger partial charge in [0.25, 0.3) is 0 Å². The first-order valence-electron chi connectivity index (χ1n) is 11.4. The van der Waals surface area contributed by atoms with Gasteiger partial charge in [0.15, 0.2) is 0 Å². The van der Waals surface area contributed by atoms with Gasteiger partial charge >= 0.3 is 0 Å². The second-order valence-corrected chi connectivity index (χ2v) is 8.61. The molecule has 0 amide bonds. The molecule has 4 aromatic carbocycles. The second kappa shape index (κ2) is 7.81. The van der Waals surface area contributed by atoms with Crippen LogP contribution in [0, 0.1) is 0 Å². The van der Waals surface area contributed by atoms with E-state index in [2.05, 4.69) is 126 Å². The van der Waals surface area contributed by atoms with Crippen molar-refractivity contribution in [3.05, 3.63) is 143 Å². The molecule has 5 aromatic rings. The van der Waals surface area contributed by atoms with Crippen LogP contribution >= 0.6 is 0 Å². The van der Waals surface area contributed by atoms with E-state index in [9.17, 15) is 0 Å². The third kappa shape index (κ3) is 2.84. The zero-order valence-electron chi connectivity index (χ0n) is 18.0. The van der Waals surface area contributed by atoms with Gasteiger partial charge in [0.05, 0.1) is 11.5 Å². The minimum atomic E-state index is -0.375. The van der Waals surface area contributed by atoms with Gasteiger partial charge < -0.3 is 10.3 Å². The number of fused-ring (bicyclic) bond motifs is 3. The van der Waals surface area contributed by atoms with Crippen LogP contribution in [0.2, 0.25) is 0 Å². The van der Waals surface area contributed by atoms with Crippen LogP contribution in [0.3, 0.4) is 0 Å². The molecule has 0 saturated heterocycles. The summed E-state index contributed by atoms with van der Waals surface area (Å²) in [5.74, 6) is 0. The van der Waals surface area contributed by atoms with E-state index >= 15 is 0 Å². The van der Waals surface area contributed by atoms with E-state index in [-0.39, 0.29) is 11.5 Å². The molecule has 0 saturated carbocycles. The third-order valence-corrected chi connectivity index (χ3v) is 6.98. The lowest BCUT2D eigenvalue weighted by Gasteiger charge is -2.44. The maximum atomic E-state index is 3.94. The molecule has 0 spiro atoms. The maximum absolute atomic E-state index is 3.94. The van der Waals surface area contributed by atoms with Gasteiger partial charge in [0, 0.05) is 16.6 Å². The molecule has 0 fully saturated rings. The van der Waals surface area contributed by atoms with Crippen LogP contribution in [-0.2, 0) is 11.8 Å². The Balaban J connectivity index is 1.71. The summed E-state index contributed by atoms with van der Waals surface area (Å²) < 4.78 is 0. The molecule has 1 aromatic heterocycles. The first kappa shape index (κ1) is 19.1. The summed E-state index contributed by atoms with van der Waals surface area (Å²) in [5.41, 5.74) is 7.46. The molecule has 0 radical (unpaired) electrons. The SMILES string of the molecule is c1ccc(C(c2ccccc2)(c2ccccc2)C2NCCc3c2[nH]c2ccccc32)cc1. The number of hydrogen-bond acceptors (Lipinski definition) is 1. The highest BCUT2D eigenvalue weighted by atomic mass is 15.0. The summed E-state index contributed by atoms with van der Waals surface area (Å²) in [4.78, 5) is 3.82. The summed E-state index contributed by atoms with van der Waals surface area (Å²) in [7, 11) is 0. The van der Waals surface area contributed by atoms with E-state index in [4.69, 9.17) is 0 Å². The normalized spacial score (nSPS) is 16.1. The Bertz CT molecular complexity index is 1240. The van der Waals surface area contributed by atoms with Crippen LogP contribution in [-0.4, -0.2) is 11.5 Å². The molecular weight excluding hydrogens is 388 g/mol. The number of benzene rings is 4. The van der Waals surface area contributed by atoms with Gasteiger partial charge in [-0.2, -0.15) is 0 Å². The van der Waals surface area contributed by atoms with Crippen LogP contribution < -0.4 is 5.32 Å². The molecule has 156 valence electrons. The Hall–Kier alpha value is -3.62. The molecule has 2 heterocycles. The summed E-state index contributed by atoms with van der Waals surface area (Å²) in [6.07, 6.45) is 1.03. The largest absolute Gasteiger partial charge is 0.357 e. The van der Waals surface area contributed by atoms with Crippen molar-refractivity contribution in [3.8, 4) is 0 Å². The predicted octanol–water partition coefficient (Wildman–Crippen LogP) is 6.39. The highest BCUT2D eigenvalue weighted by Gasteiger charge is 2.46. The van der Waals surface area contributed by atoms with E-state index in [0.717, 1.165) is 13.0 Å². The molecule has 1 aliphatic heterocycles. The van der Waals surface area contributed by atoms with Gasteiger partial charge in [-0.15, -0.1) is 0 Å². The molecule has 1 atom stereocenters. The van der Waals surface area contributed by atoms with Crippen LogP contribution in [0.5, 0.6) is 0 Å². The monoisotopic (exact) mass is 414 g/mol. The van der Waals surface area contributed by atoms with Crippen molar-refractivity contribution < 1.29 is 0 Å². The van der Waals surface area contributed by atoms with E-state index in [0.29, 0.717) is 0 Å². The fourth-order valence-corrected chi connectivity index (χ4v) is 5.65. The van der Waals surface area contributed by atoms with Crippen LogP contribution in [0.25, 0.3) is 10.9 Å². The standard InChI is InChI=1S/C30H26N2/c1-4-12-22(13-5-1)30(23-14-6-2-7-15-23,24-16-8-3-9-17-24)29-28-26(20-21-31-29)25-18-10-11-19-27(25)32-28/h1-19,29,31-32H,20-21H2. The van der Waals surface area contributed by atoms with Crippen molar-refractivity contribution in [2.24, 2.45) is 0 Å². The minimum absolute atomic E-state index is 0.0749.